The standard InChI is InChI=1S/C25H33F2N.C2H3N/c1-19(28(2)17-16-20-6-4-3-5-7-20)8-9-21-10-12-22(13-11-21)23-14-15-24(26)25(27)18-23;1-2-3/h3-7,10-13,19,23-25H,8-9,14-18H2,1-2H3;1H3. The van der Waals surface area contributed by atoms with Gasteiger partial charge in [0, 0.05) is 19.5 Å². The third-order valence-electron chi connectivity index (χ3n) is 6.34. The predicted octanol–water partition coefficient (Wildman–Crippen LogP) is 6.66. The number of rotatable bonds is 8. The van der Waals surface area contributed by atoms with E-state index < -0.39 is 12.3 Å². The van der Waals surface area contributed by atoms with E-state index in [9.17, 15) is 8.78 Å². The third-order valence-corrected chi connectivity index (χ3v) is 6.34. The van der Waals surface area contributed by atoms with E-state index in [1.165, 1.54) is 18.1 Å². The van der Waals surface area contributed by atoms with Crippen molar-refractivity contribution in [2.75, 3.05) is 13.6 Å². The summed E-state index contributed by atoms with van der Waals surface area (Å²) in [7, 11) is 2.20. The Balaban J connectivity index is 0.00000107. The van der Waals surface area contributed by atoms with Gasteiger partial charge in [-0.25, -0.2) is 8.78 Å². The molecule has 0 aliphatic heterocycles. The maximum absolute atomic E-state index is 13.7. The number of nitriles is 1. The van der Waals surface area contributed by atoms with E-state index in [1.807, 2.05) is 0 Å². The molecule has 1 aliphatic carbocycles. The van der Waals surface area contributed by atoms with Gasteiger partial charge >= 0.3 is 0 Å². The highest BCUT2D eigenvalue weighted by atomic mass is 19.2. The first-order chi connectivity index (χ1) is 14.9. The SMILES string of the molecule is CC#N.CC(CCc1ccc(C2CCC(F)C(F)C2)cc1)N(C)CCc1ccccc1. The van der Waals surface area contributed by atoms with E-state index in [0.717, 1.165) is 37.8 Å². The van der Waals surface area contributed by atoms with Crippen molar-refractivity contribution in [3.63, 3.8) is 0 Å². The molecule has 1 aliphatic rings. The Kier molecular flexibility index (Phi) is 10.7. The third kappa shape index (κ3) is 8.42. The fourth-order valence-corrected chi connectivity index (χ4v) is 4.10. The molecule has 2 nitrogen and oxygen atoms in total. The van der Waals surface area contributed by atoms with Crippen molar-refractivity contribution >= 4 is 0 Å². The van der Waals surface area contributed by atoms with Gasteiger partial charge in [-0.3, -0.25) is 0 Å². The Morgan fingerprint density at radius 1 is 0.968 bits per heavy atom. The van der Waals surface area contributed by atoms with Crippen molar-refractivity contribution in [2.45, 2.75) is 76.7 Å². The van der Waals surface area contributed by atoms with E-state index in [4.69, 9.17) is 5.26 Å². The second kappa shape index (κ2) is 13.2. The van der Waals surface area contributed by atoms with Crippen LogP contribution in [0, 0.1) is 11.3 Å². The topological polar surface area (TPSA) is 27.0 Å². The van der Waals surface area contributed by atoms with Crippen LogP contribution in [0.3, 0.4) is 0 Å². The molecule has 1 fully saturated rings. The summed E-state index contributed by atoms with van der Waals surface area (Å²) < 4.78 is 27.0. The number of hydrogen-bond donors (Lipinski definition) is 0. The van der Waals surface area contributed by atoms with Gasteiger partial charge in [0.15, 0.2) is 0 Å². The summed E-state index contributed by atoms with van der Waals surface area (Å²) in [4.78, 5) is 2.43. The predicted molar refractivity (Wildman–Crippen MR) is 125 cm³/mol. The largest absolute Gasteiger partial charge is 0.303 e. The zero-order valence-corrected chi connectivity index (χ0v) is 19.1. The van der Waals surface area contributed by atoms with Gasteiger partial charge in [0.05, 0.1) is 6.07 Å². The number of hydrogen-bond acceptors (Lipinski definition) is 2. The molecule has 0 radical (unpaired) electrons. The minimum absolute atomic E-state index is 0.166. The van der Waals surface area contributed by atoms with Crippen LogP contribution in [0.1, 0.15) is 62.1 Å². The second-order valence-corrected chi connectivity index (χ2v) is 8.61. The number of halogens is 2. The van der Waals surface area contributed by atoms with Crippen molar-refractivity contribution in [3.05, 3.63) is 71.3 Å². The molecule has 4 atom stereocenters. The van der Waals surface area contributed by atoms with Gasteiger partial charge in [-0.15, -0.1) is 0 Å². The fraction of sp³-hybridized carbons (Fsp3) is 0.519. The molecule has 0 amide bonds. The molecule has 2 aromatic rings. The van der Waals surface area contributed by atoms with Crippen LogP contribution in [0.25, 0.3) is 0 Å². The summed E-state index contributed by atoms with van der Waals surface area (Å²) in [5.41, 5.74) is 3.86. The van der Waals surface area contributed by atoms with Crippen molar-refractivity contribution < 1.29 is 8.78 Å². The van der Waals surface area contributed by atoms with Crippen molar-refractivity contribution in [1.29, 1.82) is 5.26 Å². The molecule has 1 saturated carbocycles. The molecule has 0 N–H and O–H groups in total. The van der Waals surface area contributed by atoms with Crippen molar-refractivity contribution in [1.82, 2.24) is 4.90 Å². The summed E-state index contributed by atoms with van der Waals surface area (Å²) in [5.74, 6) is 0.166. The summed E-state index contributed by atoms with van der Waals surface area (Å²) >= 11 is 0. The van der Waals surface area contributed by atoms with Crippen molar-refractivity contribution in [3.8, 4) is 6.07 Å². The average molecular weight is 427 g/mol. The number of alkyl halides is 2. The molecule has 0 aromatic heterocycles. The molecule has 168 valence electrons. The van der Waals surface area contributed by atoms with Gasteiger partial charge in [0.25, 0.3) is 0 Å². The second-order valence-electron chi connectivity index (χ2n) is 8.61. The molecular weight excluding hydrogens is 390 g/mol. The number of likely N-dealkylation sites (N-methyl/N-ethyl adjacent to an activating group) is 1. The lowest BCUT2D eigenvalue weighted by molar-refractivity contribution is 0.108. The molecule has 4 heteroatoms. The van der Waals surface area contributed by atoms with Gasteiger partial charge in [-0.2, -0.15) is 5.26 Å². The Hall–Kier alpha value is -2.25. The van der Waals surface area contributed by atoms with E-state index in [1.54, 1.807) is 6.07 Å². The minimum Gasteiger partial charge on any atom is -0.303 e. The first-order valence-corrected chi connectivity index (χ1v) is 11.4. The Morgan fingerprint density at radius 3 is 2.19 bits per heavy atom. The van der Waals surface area contributed by atoms with Gasteiger partial charge in [0.2, 0.25) is 0 Å². The molecule has 2 aromatic carbocycles. The highest BCUT2D eigenvalue weighted by Gasteiger charge is 2.31. The smallest absolute Gasteiger partial charge is 0.132 e. The first-order valence-electron chi connectivity index (χ1n) is 11.4. The van der Waals surface area contributed by atoms with Gasteiger partial charge in [-0.1, -0.05) is 54.6 Å². The lowest BCUT2D eigenvalue weighted by Gasteiger charge is -2.28. The Morgan fingerprint density at radius 2 is 1.58 bits per heavy atom. The minimum atomic E-state index is -1.30. The molecule has 0 spiro atoms. The Bertz CT molecular complexity index is 785. The zero-order valence-electron chi connectivity index (χ0n) is 19.1. The van der Waals surface area contributed by atoms with Crippen molar-refractivity contribution in [2.24, 2.45) is 0 Å². The monoisotopic (exact) mass is 426 g/mol. The van der Waals surface area contributed by atoms with Crippen LogP contribution in [-0.2, 0) is 12.8 Å². The zero-order chi connectivity index (χ0) is 22.6. The first kappa shape index (κ1) is 25.0. The molecule has 0 saturated heterocycles. The normalized spacial score (nSPS) is 21.6. The summed E-state index contributed by atoms with van der Waals surface area (Å²) in [6, 6.07) is 21.5. The van der Waals surface area contributed by atoms with E-state index in [-0.39, 0.29) is 5.92 Å². The Labute approximate surface area is 186 Å². The van der Waals surface area contributed by atoms with Gasteiger partial charge in [0.1, 0.15) is 12.3 Å². The van der Waals surface area contributed by atoms with E-state index in [0.29, 0.717) is 18.9 Å². The molecule has 0 bridgehead atoms. The number of nitrogens with zero attached hydrogens (tertiary/aromatic N) is 2. The fourth-order valence-electron chi connectivity index (χ4n) is 4.10. The molecule has 0 heterocycles. The highest BCUT2D eigenvalue weighted by Crippen LogP contribution is 2.35. The van der Waals surface area contributed by atoms with E-state index >= 15 is 0 Å². The van der Waals surface area contributed by atoms with Gasteiger partial charge in [-0.05, 0) is 75.1 Å². The highest BCUT2D eigenvalue weighted by molar-refractivity contribution is 5.26. The number of aryl methyl sites for hydroxylation is 1. The van der Waals surface area contributed by atoms with Crippen LogP contribution in [0.4, 0.5) is 8.78 Å². The summed E-state index contributed by atoms with van der Waals surface area (Å²) in [5, 5.41) is 7.32. The average Bonchev–Trinajstić information content (AvgIpc) is 2.79. The quantitative estimate of drug-likeness (QED) is 0.472. The molecule has 31 heavy (non-hydrogen) atoms. The maximum atomic E-state index is 13.7. The lowest BCUT2D eigenvalue weighted by Crippen LogP contribution is -2.31. The summed E-state index contributed by atoms with van der Waals surface area (Å²) in [6.07, 6.45) is 2.09. The van der Waals surface area contributed by atoms with E-state index in [2.05, 4.69) is 73.5 Å². The lowest BCUT2D eigenvalue weighted by atomic mass is 9.82. The maximum Gasteiger partial charge on any atom is 0.132 e. The van der Waals surface area contributed by atoms with Crippen LogP contribution in [-0.4, -0.2) is 36.9 Å². The molecule has 3 rings (SSSR count). The van der Waals surface area contributed by atoms with Crippen LogP contribution >= 0.6 is 0 Å². The van der Waals surface area contributed by atoms with Crippen LogP contribution in [0.5, 0.6) is 0 Å². The summed E-state index contributed by atoms with van der Waals surface area (Å²) in [6.45, 7) is 4.78. The van der Waals surface area contributed by atoms with Crippen LogP contribution < -0.4 is 0 Å². The van der Waals surface area contributed by atoms with Crippen LogP contribution in [0.2, 0.25) is 0 Å². The van der Waals surface area contributed by atoms with Crippen LogP contribution in [0.15, 0.2) is 54.6 Å². The molecule has 4 unspecified atom stereocenters. The molecular formula is C27H36F2N2. The van der Waals surface area contributed by atoms with Gasteiger partial charge < -0.3 is 4.90 Å². The number of benzene rings is 2.